The van der Waals surface area contributed by atoms with E-state index in [0.717, 1.165) is 52.8 Å². The lowest BCUT2D eigenvalue weighted by Crippen LogP contribution is -2.41. The third-order valence-electron chi connectivity index (χ3n) is 7.37. The third kappa shape index (κ3) is 4.82. The zero-order valence-electron chi connectivity index (χ0n) is 21.9. The highest BCUT2D eigenvalue weighted by molar-refractivity contribution is 5.99. The molecule has 2 aromatic carbocycles. The maximum atomic E-state index is 13.4. The van der Waals surface area contributed by atoms with Crippen LogP contribution in [-0.4, -0.2) is 34.7 Å². The summed E-state index contributed by atoms with van der Waals surface area (Å²) in [6.45, 7) is 9.34. The Balaban J connectivity index is 1.31. The molecule has 0 spiro atoms. The van der Waals surface area contributed by atoms with E-state index in [9.17, 15) is 4.79 Å². The van der Waals surface area contributed by atoms with Crippen molar-refractivity contribution in [2.45, 2.75) is 53.6 Å². The van der Waals surface area contributed by atoms with Crippen LogP contribution >= 0.6 is 0 Å². The van der Waals surface area contributed by atoms with E-state index in [1.165, 1.54) is 11.3 Å². The zero-order chi connectivity index (χ0) is 25.5. The summed E-state index contributed by atoms with van der Waals surface area (Å²) in [6.07, 6.45) is 3.22. The molecule has 0 atom stereocenters. The molecule has 36 heavy (non-hydrogen) atoms. The first-order valence-corrected chi connectivity index (χ1v) is 12.7. The number of nitrogens with zero attached hydrogens (tertiary/aromatic N) is 2. The number of ether oxygens (including phenoxy) is 1. The van der Waals surface area contributed by atoms with Crippen LogP contribution in [-0.2, 0) is 29.0 Å². The van der Waals surface area contributed by atoms with Gasteiger partial charge in [-0.25, -0.2) is 0 Å². The van der Waals surface area contributed by atoms with Gasteiger partial charge in [-0.2, -0.15) is 5.10 Å². The van der Waals surface area contributed by atoms with E-state index in [1.54, 1.807) is 4.90 Å². The Morgan fingerprint density at radius 3 is 2.69 bits per heavy atom. The van der Waals surface area contributed by atoms with Gasteiger partial charge in [-0.3, -0.25) is 9.89 Å². The van der Waals surface area contributed by atoms with Gasteiger partial charge in [0.25, 0.3) is 0 Å². The van der Waals surface area contributed by atoms with Crippen LogP contribution in [0.15, 0.2) is 54.6 Å². The van der Waals surface area contributed by atoms with Crippen molar-refractivity contribution in [3.63, 3.8) is 0 Å². The summed E-state index contributed by atoms with van der Waals surface area (Å²) in [5, 5.41) is 9.05. The number of hydrogen-bond acceptors (Lipinski definition) is 3. The quantitative estimate of drug-likeness (QED) is 0.324. The molecular formula is C30H36N4O2. The van der Waals surface area contributed by atoms with Gasteiger partial charge in [-0.15, -0.1) is 0 Å². The maximum absolute atomic E-state index is 13.4. The van der Waals surface area contributed by atoms with Crippen LogP contribution in [0.5, 0.6) is 0 Å². The Kier molecular flexibility index (Phi) is 6.25. The number of hydrogen-bond donors (Lipinski definition) is 2. The average Bonchev–Trinajstić information content (AvgIpc) is 3.45. The van der Waals surface area contributed by atoms with E-state index in [-0.39, 0.29) is 5.91 Å². The number of carbonyl (C=O) groups is 1. The molecule has 2 N–H and O–H groups in total. The summed E-state index contributed by atoms with van der Waals surface area (Å²) in [6, 6.07) is 18.3. The number of amides is 1. The highest BCUT2D eigenvalue weighted by atomic mass is 16.5. The molecule has 2 heterocycles. The highest BCUT2D eigenvalue weighted by Crippen LogP contribution is 2.38. The monoisotopic (exact) mass is 484 g/mol. The molecule has 6 nitrogen and oxygen atoms in total. The van der Waals surface area contributed by atoms with Gasteiger partial charge in [-0.1, -0.05) is 50.2 Å². The minimum Gasteiger partial charge on any atom is -0.376 e. The number of H-pyrrole nitrogens is 2. The number of aromatic amines is 2. The van der Waals surface area contributed by atoms with Crippen LogP contribution in [0.2, 0.25) is 0 Å². The number of rotatable bonds is 7. The van der Waals surface area contributed by atoms with Crippen molar-refractivity contribution in [3.8, 4) is 11.4 Å². The lowest BCUT2D eigenvalue weighted by atomic mass is 9.76. The normalized spacial score (nSPS) is 15.1. The second kappa shape index (κ2) is 9.25. The molecular weight excluding hydrogens is 448 g/mol. The minimum atomic E-state index is -0.652. The first kappa shape index (κ1) is 24.3. The number of anilines is 1. The van der Waals surface area contributed by atoms with Crippen molar-refractivity contribution in [1.82, 2.24) is 15.2 Å². The van der Waals surface area contributed by atoms with E-state index in [2.05, 4.69) is 41.2 Å². The third-order valence-corrected chi connectivity index (χ3v) is 7.37. The fraction of sp³-hybridized carbons (Fsp3) is 0.400. The van der Waals surface area contributed by atoms with Gasteiger partial charge in [0, 0.05) is 34.9 Å². The number of benzene rings is 2. The molecule has 0 saturated heterocycles. The molecule has 1 aliphatic rings. The van der Waals surface area contributed by atoms with Gasteiger partial charge in [0.1, 0.15) is 5.69 Å². The second-order valence-electron chi connectivity index (χ2n) is 11.6. The zero-order valence-corrected chi connectivity index (χ0v) is 21.9. The molecule has 0 bridgehead atoms. The van der Waals surface area contributed by atoms with Crippen molar-refractivity contribution in [1.29, 1.82) is 0 Å². The molecule has 5 rings (SSSR count). The largest absolute Gasteiger partial charge is 0.376 e. The van der Waals surface area contributed by atoms with Crippen LogP contribution in [0.3, 0.4) is 0 Å². The molecule has 0 unspecified atom stereocenters. The van der Waals surface area contributed by atoms with Crippen molar-refractivity contribution in [3.05, 3.63) is 71.4 Å². The van der Waals surface area contributed by atoms with Crippen molar-refractivity contribution in [2.75, 3.05) is 18.6 Å². The summed E-state index contributed by atoms with van der Waals surface area (Å²) in [5.41, 5.74) is 7.21. The van der Waals surface area contributed by atoms with Crippen LogP contribution in [0.1, 0.15) is 50.9 Å². The molecule has 0 fully saturated rings. The predicted octanol–water partition coefficient (Wildman–Crippen LogP) is 6.28. The van der Waals surface area contributed by atoms with Crippen LogP contribution in [0.4, 0.5) is 5.69 Å². The SMILES string of the molecule is CN(C(=O)C(C)(C)COCc1ccccc1)c1ccc2cc(-c3n[nH]c4c3CCC(C)(C)C4)[nH]c2c1. The molecule has 188 valence electrons. The van der Waals surface area contributed by atoms with Gasteiger partial charge in [0.15, 0.2) is 0 Å². The average molecular weight is 485 g/mol. The second-order valence-corrected chi connectivity index (χ2v) is 11.6. The van der Waals surface area contributed by atoms with E-state index in [0.29, 0.717) is 18.6 Å². The molecule has 0 aliphatic heterocycles. The van der Waals surface area contributed by atoms with Crippen molar-refractivity contribution >= 4 is 22.5 Å². The molecule has 4 aromatic rings. The van der Waals surface area contributed by atoms with Gasteiger partial charge in [0.05, 0.1) is 24.3 Å². The smallest absolute Gasteiger partial charge is 0.234 e. The molecule has 1 aliphatic carbocycles. The summed E-state index contributed by atoms with van der Waals surface area (Å²) >= 11 is 0. The van der Waals surface area contributed by atoms with Crippen molar-refractivity contribution in [2.24, 2.45) is 10.8 Å². The molecule has 1 amide bonds. The molecule has 6 heteroatoms. The molecule has 0 saturated carbocycles. The Labute approximate surface area is 213 Å². The van der Waals surface area contributed by atoms with Crippen LogP contribution < -0.4 is 4.90 Å². The summed E-state index contributed by atoms with van der Waals surface area (Å²) in [7, 11) is 1.83. The van der Waals surface area contributed by atoms with Gasteiger partial charge in [-0.05, 0) is 62.3 Å². The number of carbonyl (C=O) groups excluding carboxylic acids is 1. The first-order valence-electron chi connectivity index (χ1n) is 12.7. The first-order chi connectivity index (χ1) is 17.1. The number of aromatic nitrogens is 3. The number of nitrogens with one attached hydrogen (secondary N) is 2. The minimum absolute atomic E-state index is 0.0191. The molecule has 2 aromatic heterocycles. The summed E-state index contributed by atoms with van der Waals surface area (Å²) in [5.74, 6) is 0.0191. The van der Waals surface area contributed by atoms with Gasteiger partial charge < -0.3 is 14.6 Å². The van der Waals surface area contributed by atoms with E-state index < -0.39 is 5.41 Å². The Hall–Kier alpha value is -3.38. The topological polar surface area (TPSA) is 74.0 Å². The maximum Gasteiger partial charge on any atom is 0.234 e. The summed E-state index contributed by atoms with van der Waals surface area (Å²) < 4.78 is 5.90. The van der Waals surface area contributed by atoms with Gasteiger partial charge in [0.2, 0.25) is 5.91 Å². The lowest BCUT2D eigenvalue weighted by Gasteiger charge is -2.29. The lowest BCUT2D eigenvalue weighted by molar-refractivity contribution is -0.129. The van der Waals surface area contributed by atoms with E-state index >= 15 is 0 Å². The Bertz CT molecular complexity index is 1380. The van der Waals surface area contributed by atoms with Crippen LogP contribution in [0.25, 0.3) is 22.3 Å². The Morgan fingerprint density at radius 1 is 1.14 bits per heavy atom. The number of fused-ring (bicyclic) bond motifs is 2. The fourth-order valence-electron chi connectivity index (χ4n) is 5.15. The highest BCUT2D eigenvalue weighted by Gasteiger charge is 2.32. The molecule has 0 radical (unpaired) electrons. The standard InChI is InChI=1S/C30H36N4O2/c1-29(2)14-13-23-26(17-29)32-33-27(23)25-15-21-11-12-22(16-24(21)31-25)34(5)28(35)30(3,4)19-36-18-20-9-7-6-8-10-20/h6-12,15-16,31H,13-14,17-19H2,1-5H3,(H,32,33). The summed E-state index contributed by atoms with van der Waals surface area (Å²) in [4.78, 5) is 18.6. The van der Waals surface area contributed by atoms with Gasteiger partial charge >= 0.3 is 0 Å². The predicted molar refractivity (Wildman–Crippen MR) is 145 cm³/mol. The van der Waals surface area contributed by atoms with Crippen molar-refractivity contribution < 1.29 is 9.53 Å². The fourth-order valence-corrected chi connectivity index (χ4v) is 5.15. The Morgan fingerprint density at radius 2 is 1.92 bits per heavy atom. The van der Waals surface area contributed by atoms with E-state index in [1.807, 2.05) is 63.4 Å². The van der Waals surface area contributed by atoms with Crippen LogP contribution in [0, 0.1) is 10.8 Å². The van der Waals surface area contributed by atoms with E-state index in [4.69, 9.17) is 4.74 Å².